The van der Waals surface area contributed by atoms with E-state index in [9.17, 15) is 4.79 Å². The molecular formula is C21H26NO2+. The van der Waals surface area contributed by atoms with Gasteiger partial charge in [-0.25, -0.2) is 4.79 Å². The molecule has 3 nitrogen and oxygen atoms in total. The minimum atomic E-state index is -0.0342. The number of quaternary nitrogens is 1. The molecule has 1 N–H and O–H groups in total. The average Bonchev–Trinajstić information content (AvgIpc) is 2.64. The lowest BCUT2D eigenvalue weighted by Gasteiger charge is -2.31. The summed E-state index contributed by atoms with van der Waals surface area (Å²) in [5.41, 5.74) is 3.74. The van der Waals surface area contributed by atoms with Crippen molar-refractivity contribution in [2.45, 2.75) is 38.8 Å². The summed E-state index contributed by atoms with van der Waals surface area (Å²) in [5, 5.41) is 0. The number of carbonyl (C=O) groups is 1. The van der Waals surface area contributed by atoms with Crippen molar-refractivity contribution in [1.29, 1.82) is 0 Å². The fourth-order valence-electron chi connectivity index (χ4n) is 3.53. The highest BCUT2D eigenvalue weighted by molar-refractivity contribution is 5.74. The summed E-state index contributed by atoms with van der Waals surface area (Å²) in [4.78, 5) is 13.5. The van der Waals surface area contributed by atoms with Crippen LogP contribution in [0.15, 0.2) is 54.6 Å². The van der Waals surface area contributed by atoms with E-state index in [2.05, 4.69) is 48.5 Å². The van der Waals surface area contributed by atoms with Crippen molar-refractivity contribution in [3.05, 3.63) is 60.2 Å². The van der Waals surface area contributed by atoms with Gasteiger partial charge < -0.3 is 9.64 Å². The van der Waals surface area contributed by atoms with E-state index in [4.69, 9.17) is 4.74 Å². The number of nitrogens with one attached hydrogen (secondary N) is 1. The third kappa shape index (κ3) is 4.04. The van der Waals surface area contributed by atoms with Crippen molar-refractivity contribution in [2.24, 2.45) is 0 Å². The standard InChI is InChI=1S/C21H25NO2/c1-2-24-21(23)20-10-6-7-15-22(20)16-17-11-13-19(14-12-17)18-8-4-3-5-9-18/h3-5,8-9,11-14,20H,2,6-7,10,15-16H2,1H3/p+1/t20-/m0/s1. The van der Waals surface area contributed by atoms with Crippen LogP contribution in [0.25, 0.3) is 11.1 Å². The minimum absolute atomic E-state index is 0.00694. The monoisotopic (exact) mass is 324 g/mol. The van der Waals surface area contributed by atoms with Gasteiger partial charge in [0.1, 0.15) is 6.54 Å². The topological polar surface area (TPSA) is 30.7 Å². The van der Waals surface area contributed by atoms with Gasteiger partial charge in [0, 0.05) is 12.0 Å². The quantitative estimate of drug-likeness (QED) is 0.858. The van der Waals surface area contributed by atoms with Gasteiger partial charge in [-0.15, -0.1) is 0 Å². The molecule has 1 saturated heterocycles. The number of hydrogen-bond donors (Lipinski definition) is 1. The highest BCUT2D eigenvalue weighted by Crippen LogP contribution is 2.19. The van der Waals surface area contributed by atoms with E-state index in [1.807, 2.05) is 13.0 Å². The zero-order valence-electron chi connectivity index (χ0n) is 14.3. The molecule has 0 aromatic heterocycles. The van der Waals surface area contributed by atoms with Gasteiger partial charge in [-0.3, -0.25) is 0 Å². The van der Waals surface area contributed by atoms with Gasteiger partial charge >= 0.3 is 5.97 Å². The molecule has 1 aliphatic rings. The Kier molecular flexibility index (Phi) is 5.65. The summed E-state index contributed by atoms with van der Waals surface area (Å²) in [5.74, 6) is -0.0342. The van der Waals surface area contributed by atoms with Crippen LogP contribution in [0.3, 0.4) is 0 Å². The predicted octanol–water partition coefficient (Wildman–Crippen LogP) is 2.85. The number of likely N-dealkylation sites (tertiary alicyclic amines) is 1. The van der Waals surface area contributed by atoms with Crippen molar-refractivity contribution >= 4 is 5.97 Å². The third-order valence-corrected chi connectivity index (χ3v) is 4.80. The van der Waals surface area contributed by atoms with E-state index < -0.39 is 0 Å². The first kappa shape index (κ1) is 16.7. The fraction of sp³-hybridized carbons (Fsp3) is 0.381. The number of piperidine rings is 1. The lowest BCUT2D eigenvalue weighted by molar-refractivity contribution is -0.935. The largest absolute Gasteiger partial charge is 0.462 e. The molecule has 126 valence electrons. The molecule has 0 bridgehead atoms. The maximum atomic E-state index is 12.2. The van der Waals surface area contributed by atoms with Crippen molar-refractivity contribution in [3.8, 4) is 11.1 Å². The van der Waals surface area contributed by atoms with Crippen molar-refractivity contribution < 1.29 is 14.4 Å². The average molecular weight is 324 g/mol. The van der Waals surface area contributed by atoms with Crippen molar-refractivity contribution in [1.82, 2.24) is 0 Å². The number of ether oxygens (including phenoxy) is 1. The smallest absolute Gasteiger partial charge is 0.364 e. The Morgan fingerprint density at radius 2 is 1.75 bits per heavy atom. The second-order valence-corrected chi connectivity index (χ2v) is 6.45. The van der Waals surface area contributed by atoms with Gasteiger partial charge in [-0.05, 0) is 30.9 Å². The molecule has 2 aromatic rings. The van der Waals surface area contributed by atoms with Gasteiger partial charge in [-0.1, -0.05) is 54.6 Å². The first-order valence-electron chi connectivity index (χ1n) is 8.93. The van der Waals surface area contributed by atoms with E-state index in [-0.39, 0.29) is 12.0 Å². The highest BCUT2D eigenvalue weighted by atomic mass is 16.5. The van der Waals surface area contributed by atoms with Crippen LogP contribution in [0.2, 0.25) is 0 Å². The maximum absolute atomic E-state index is 12.2. The van der Waals surface area contributed by atoms with Crippen LogP contribution in [-0.4, -0.2) is 25.2 Å². The summed E-state index contributed by atoms with van der Waals surface area (Å²) in [7, 11) is 0. The number of carbonyl (C=O) groups excluding carboxylic acids is 1. The number of hydrogen-bond acceptors (Lipinski definition) is 2. The van der Waals surface area contributed by atoms with Crippen LogP contribution in [0.5, 0.6) is 0 Å². The zero-order chi connectivity index (χ0) is 16.8. The second kappa shape index (κ2) is 8.11. The molecule has 0 spiro atoms. The van der Waals surface area contributed by atoms with E-state index in [1.54, 1.807) is 0 Å². The van der Waals surface area contributed by atoms with Crippen molar-refractivity contribution in [2.75, 3.05) is 13.2 Å². The van der Waals surface area contributed by atoms with E-state index in [0.717, 1.165) is 25.9 Å². The van der Waals surface area contributed by atoms with Gasteiger partial charge in [0.15, 0.2) is 6.04 Å². The van der Waals surface area contributed by atoms with Crippen LogP contribution in [0.4, 0.5) is 0 Å². The molecule has 0 radical (unpaired) electrons. The van der Waals surface area contributed by atoms with Crippen LogP contribution < -0.4 is 4.90 Å². The second-order valence-electron chi connectivity index (χ2n) is 6.45. The summed E-state index contributed by atoms with van der Waals surface area (Å²) in [6, 6.07) is 19.1. The lowest BCUT2D eigenvalue weighted by Crippen LogP contribution is -3.16. The normalized spacial score (nSPS) is 20.5. The summed E-state index contributed by atoms with van der Waals surface area (Å²) in [6.45, 7) is 4.28. The Morgan fingerprint density at radius 3 is 2.46 bits per heavy atom. The van der Waals surface area contributed by atoms with Crippen LogP contribution in [0.1, 0.15) is 31.7 Å². The molecule has 0 aliphatic carbocycles. The Labute approximate surface area is 144 Å². The fourth-order valence-corrected chi connectivity index (χ4v) is 3.53. The minimum Gasteiger partial charge on any atom is -0.462 e. The Bertz CT molecular complexity index is 651. The Hall–Kier alpha value is -2.13. The number of esters is 1. The SMILES string of the molecule is CCOC(=O)[C@@H]1CCCC[NH+]1Cc1ccc(-c2ccccc2)cc1. The Morgan fingerprint density at radius 1 is 1.04 bits per heavy atom. The van der Waals surface area contributed by atoms with Crippen molar-refractivity contribution in [3.63, 3.8) is 0 Å². The van der Waals surface area contributed by atoms with Crippen LogP contribution in [-0.2, 0) is 16.1 Å². The molecule has 3 heteroatoms. The lowest BCUT2D eigenvalue weighted by atomic mass is 10.00. The number of rotatable bonds is 5. The molecule has 0 saturated carbocycles. The van der Waals surface area contributed by atoms with Gasteiger partial charge in [0.25, 0.3) is 0 Å². The Balaban J connectivity index is 1.69. The summed E-state index contributed by atoms with van der Waals surface area (Å²) >= 11 is 0. The molecule has 1 heterocycles. The van der Waals surface area contributed by atoms with E-state index in [1.165, 1.54) is 28.0 Å². The maximum Gasteiger partial charge on any atom is 0.364 e. The summed E-state index contributed by atoms with van der Waals surface area (Å²) < 4.78 is 5.27. The highest BCUT2D eigenvalue weighted by Gasteiger charge is 2.33. The van der Waals surface area contributed by atoms with Gasteiger partial charge in [-0.2, -0.15) is 0 Å². The number of benzene rings is 2. The molecule has 0 amide bonds. The van der Waals surface area contributed by atoms with Crippen LogP contribution >= 0.6 is 0 Å². The first-order valence-corrected chi connectivity index (χ1v) is 8.93. The molecule has 1 aliphatic heterocycles. The van der Waals surface area contributed by atoms with E-state index in [0.29, 0.717) is 6.61 Å². The molecule has 1 fully saturated rings. The van der Waals surface area contributed by atoms with Gasteiger partial charge in [0.05, 0.1) is 13.2 Å². The zero-order valence-corrected chi connectivity index (χ0v) is 14.3. The predicted molar refractivity (Wildman–Crippen MR) is 95.7 cm³/mol. The molecule has 2 aromatic carbocycles. The molecule has 3 rings (SSSR count). The molecule has 24 heavy (non-hydrogen) atoms. The molecule has 1 unspecified atom stereocenters. The van der Waals surface area contributed by atoms with Gasteiger partial charge in [0.2, 0.25) is 0 Å². The third-order valence-electron chi connectivity index (χ3n) is 4.80. The van der Waals surface area contributed by atoms with Crippen LogP contribution in [0, 0.1) is 0 Å². The molecule has 2 atom stereocenters. The van der Waals surface area contributed by atoms with E-state index >= 15 is 0 Å². The first-order chi connectivity index (χ1) is 11.8. The summed E-state index contributed by atoms with van der Waals surface area (Å²) in [6.07, 6.45) is 3.25. The molecular weight excluding hydrogens is 298 g/mol.